The van der Waals surface area contributed by atoms with Crippen LogP contribution < -0.4 is 5.32 Å². The lowest BCUT2D eigenvalue weighted by molar-refractivity contribution is -0.150. The summed E-state index contributed by atoms with van der Waals surface area (Å²) in [6.45, 7) is 3.70. The standard InChI is InChI=1S/C22H24ClN5O3S/c1-3-31-18(29)16-12(2)15(9-24)17(32-16)26-19(30)21-5-13-4-14(6-21)8-22(7-13,10-21)28-11-25-20(23)27-28/h11,13-14H,3-8,10H2,1-2H3,(H,26,30)/t13-,14-,21?,22?/m1/s1. The normalized spacial score (nSPS) is 30.2. The van der Waals surface area contributed by atoms with Crippen molar-refractivity contribution >= 4 is 39.8 Å². The minimum Gasteiger partial charge on any atom is -0.462 e. The summed E-state index contributed by atoms with van der Waals surface area (Å²) in [5, 5.41) is 17.8. The molecule has 4 aliphatic rings. The third kappa shape index (κ3) is 3.23. The van der Waals surface area contributed by atoms with Crippen LogP contribution in [-0.2, 0) is 15.1 Å². The number of carbonyl (C=O) groups excluding carboxylic acids is 2. The van der Waals surface area contributed by atoms with Gasteiger partial charge in [0.2, 0.25) is 11.2 Å². The number of carbonyl (C=O) groups is 2. The van der Waals surface area contributed by atoms with Crippen molar-refractivity contribution in [1.82, 2.24) is 14.8 Å². The number of nitrogens with one attached hydrogen (secondary N) is 1. The molecule has 6 rings (SSSR count). The Bertz CT molecular complexity index is 1140. The molecule has 0 aliphatic heterocycles. The number of aromatic nitrogens is 3. The Morgan fingerprint density at radius 2 is 2.09 bits per heavy atom. The van der Waals surface area contributed by atoms with E-state index in [0.29, 0.717) is 39.3 Å². The van der Waals surface area contributed by atoms with E-state index in [1.807, 2.05) is 4.68 Å². The summed E-state index contributed by atoms with van der Waals surface area (Å²) in [6, 6.07) is 2.15. The quantitative estimate of drug-likeness (QED) is 0.649. The van der Waals surface area contributed by atoms with Crippen LogP contribution in [0.5, 0.6) is 0 Å². The molecule has 2 aromatic heterocycles. The predicted molar refractivity (Wildman–Crippen MR) is 118 cm³/mol. The summed E-state index contributed by atoms with van der Waals surface area (Å²) in [6.07, 6.45) is 7.11. The maximum absolute atomic E-state index is 13.7. The molecule has 0 radical (unpaired) electrons. The number of nitriles is 1. The molecule has 10 heteroatoms. The fourth-order valence-electron chi connectivity index (χ4n) is 6.58. The Kier molecular flexibility index (Phi) is 5.06. The molecule has 168 valence electrons. The minimum atomic E-state index is -0.531. The maximum atomic E-state index is 13.7. The van der Waals surface area contributed by atoms with Crippen LogP contribution in [0.2, 0.25) is 5.28 Å². The average molecular weight is 474 g/mol. The van der Waals surface area contributed by atoms with Crippen molar-refractivity contribution < 1.29 is 14.3 Å². The third-order valence-electron chi connectivity index (χ3n) is 7.41. The highest BCUT2D eigenvalue weighted by Crippen LogP contribution is 2.64. The number of esters is 1. The zero-order valence-electron chi connectivity index (χ0n) is 18.0. The van der Waals surface area contributed by atoms with Crippen molar-refractivity contribution in [3.8, 4) is 6.07 Å². The first-order valence-electron chi connectivity index (χ1n) is 10.9. The van der Waals surface area contributed by atoms with Crippen LogP contribution in [0.1, 0.15) is 66.2 Å². The van der Waals surface area contributed by atoms with E-state index >= 15 is 0 Å². The minimum absolute atomic E-state index is 0.0738. The molecule has 4 bridgehead atoms. The second-order valence-electron chi connectivity index (χ2n) is 9.47. The van der Waals surface area contributed by atoms with Gasteiger partial charge in [0, 0.05) is 0 Å². The lowest BCUT2D eigenvalue weighted by atomic mass is 9.46. The Balaban J connectivity index is 1.46. The molecular weight excluding hydrogens is 450 g/mol. The molecule has 0 spiro atoms. The van der Waals surface area contributed by atoms with Crippen molar-refractivity contribution in [2.24, 2.45) is 17.3 Å². The molecule has 2 heterocycles. The Morgan fingerprint density at radius 1 is 1.38 bits per heavy atom. The topological polar surface area (TPSA) is 110 Å². The Hall–Kier alpha value is -2.44. The lowest BCUT2D eigenvalue weighted by Gasteiger charge is -2.60. The highest BCUT2D eigenvalue weighted by molar-refractivity contribution is 7.18. The number of thiophene rings is 1. The van der Waals surface area contributed by atoms with Crippen LogP contribution in [0, 0.1) is 35.5 Å². The molecule has 0 aromatic carbocycles. The van der Waals surface area contributed by atoms with Crippen LogP contribution in [0.15, 0.2) is 6.33 Å². The molecule has 1 amide bonds. The number of ether oxygens (including phenoxy) is 1. The van der Waals surface area contributed by atoms with Gasteiger partial charge in [-0.25, -0.2) is 14.5 Å². The first-order valence-corrected chi connectivity index (χ1v) is 12.1. The zero-order chi connectivity index (χ0) is 22.7. The van der Waals surface area contributed by atoms with E-state index in [9.17, 15) is 14.9 Å². The Morgan fingerprint density at radius 3 is 2.69 bits per heavy atom. The van der Waals surface area contributed by atoms with Gasteiger partial charge in [-0.3, -0.25) is 4.79 Å². The van der Waals surface area contributed by atoms with Crippen molar-refractivity contribution in [3.05, 3.63) is 27.6 Å². The van der Waals surface area contributed by atoms with Crippen molar-refractivity contribution in [2.75, 3.05) is 11.9 Å². The first-order chi connectivity index (χ1) is 15.3. The van der Waals surface area contributed by atoms with Crippen LogP contribution >= 0.6 is 22.9 Å². The lowest BCUT2D eigenvalue weighted by Crippen LogP contribution is -2.60. The number of hydrogen-bond acceptors (Lipinski definition) is 7. The van der Waals surface area contributed by atoms with E-state index in [2.05, 4.69) is 21.5 Å². The fraction of sp³-hybridized carbons (Fsp3) is 0.591. The highest BCUT2D eigenvalue weighted by atomic mass is 35.5. The van der Waals surface area contributed by atoms with Gasteiger partial charge in [-0.15, -0.1) is 16.4 Å². The number of halogens is 1. The van der Waals surface area contributed by atoms with E-state index in [0.717, 1.165) is 43.4 Å². The molecular formula is C22H24ClN5O3S. The molecule has 2 aromatic rings. The zero-order valence-corrected chi connectivity index (χ0v) is 19.6. The summed E-state index contributed by atoms with van der Waals surface area (Å²) in [7, 11) is 0. The van der Waals surface area contributed by atoms with Gasteiger partial charge in [-0.1, -0.05) is 0 Å². The molecule has 2 atom stereocenters. The smallest absolute Gasteiger partial charge is 0.348 e. The maximum Gasteiger partial charge on any atom is 0.348 e. The molecule has 0 unspecified atom stereocenters. The SMILES string of the molecule is CCOC(=O)c1sc(NC(=O)C23C[C@H]4C[C@H](C2)CC(n2cnc(Cl)n2)(C4)C3)c(C#N)c1C. The van der Waals surface area contributed by atoms with Gasteiger partial charge in [0.15, 0.2) is 0 Å². The van der Waals surface area contributed by atoms with Crippen LogP contribution in [-0.4, -0.2) is 33.2 Å². The Labute approximate surface area is 194 Å². The monoisotopic (exact) mass is 473 g/mol. The second kappa shape index (κ2) is 7.56. The summed E-state index contributed by atoms with van der Waals surface area (Å²) >= 11 is 7.13. The van der Waals surface area contributed by atoms with E-state index < -0.39 is 11.4 Å². The fourth-order valence-corrected chi connectivity index (χ4v) is 7.75. The van der Waals surface area contributed by atoms with Crippen LogP contribution in [0.3, 0.4) is 0 Å². The number of nitrogens with zero attached hydrogens (tertiary/aromatic N) is 4. The van der Waals surface area contributed by atoms with Crippen LogP contribution in [0.25, 0.3) is 0 Å². The van der Waals surface area contributed by atoms with Gasteiger partial charge in [-0.2, -0.15) is 5.26 Å². The number of amides is 1. The van der Waals surface area contributed by atoms with Gasteiger partial charge in [0.25, 0.3) is 0 Å². The third-order valence-corrected chi connectivity index (χ3v) is 8.77. The highest BCUT2D eigenvalue weighted by Gasteiger charge is 2.61. The van der Waals surface area contributed by atoms with Gasteiger partial charge in [0.05, 0.1) is 23.1 Å². The molecule has 0 saturated heterocycles. The second-order valence-corrected chi connectivity index (χ2v) is 10.8. The van der Waals surface area contributed by atoms with E-state index in [1.165, 1.54) is 0 Å². The van der Waals surface area contributed by atoms with Gasteiger partial charge in [-0.05, 0) is 81.4 Å². The van der Waals surface area contributed by atoms with Gasteiger partial charge in [0.1, 0.15) is 22.3 Å². The first kappa shape index (κ1) is 21.4. The van der Waals surface area contributed by atoms with Gasteiger partial charge < -0.3 is 10.1 Å². The number of anilines is 1. The molecule has 32 heavy (non-hydrogen) atoms. The average Bonchev–Trinajstić information content (AvgIpc) is 3.31. The number of hydrogen-bond donors (Lipinski definition) is 1. The van der Waals surface area contributed by atoms with Crippen molar-refractivity contribution in [1.29, 1.82) is 5.26 Å². The summed E-state index contributed by atoms with van der Waals surface area (Å²) in [5.41, 5.74) is 0.0950. The molecule has 4 fully saturated rings. The molecule has 8 nitrogen and oxygen atoms in total. The molecule has 4 saturated carbocycles. The van der Waals surface area contributed by atoms with Gasteiger partial charge >= 0.3 is 5.97 Å². The van der Waals surface area contributed by atoms with E-state index in [1.54, 1.807) is 20.2 Å². The largest absolute Gasteiger partial charge is 0.462 e. The number of rotatable bonds is 5. The molecule has 4 aliphatic carbocycles. The van der Waals surface area contributed by atoms with Crippen molar-refractivity contribution in [3.63, 3.8) is 0 Å². The predicted octanol–water partition coefficient (Wildman–Crippen LogP) is 4.28. The molecule has 1 N–H and O–H groups in total. The summed E-state index contributed by atoms with van der Waals surface area (Å²) in [4.78, 5) is 30.5. The van der Waals surface area contributed by atoms with E-state index in [-0.39, 0.29) is 23.3 Å². The van der Waals surface area contributed by atoms with Crippen molar-refractivity contribution in [2.45, 2.75) is 57.9 Å². The van der Waals surface area contributed by atoms with Crippen LogP contribution in [0.4, 0.5) is 5.00 Å². The van der Waals surface area contributed by atoms with E-state index in [4.69, 9.17) is 16.3 Å². The summed E-state index contributed by atoms with van der Waals surface area (Å²) in [5.74, 6) is 0.348. The summed E-state index contributed by atoms with van der Waals surface area (Å²) < 4.78 is 6.99.